The number of carbonyl (C=O) groups is 2. The van der Waals surface area contributed by atoms with E-state index >= 15 is 0 Å². The second-order valence-electron chi connectivity index (χ2n) is 7.60. The number of benzene rings is 1. The summed E-state index contributed by atoms with van der Waals surface area (Å²) in [5.74, 6) is 0.452. The molecule has 0 radical (unpaired) electrons. The summed E-state index contributed by atoms with van der Waals surface area (Å²) >= 11 is 0. The van der Waals surface area contributed by atoms with Crippen molar-refractivity contribution < 1.29 is 14.0 Å². The molecule has 2 amide bonds. The van der Waals surface area contributed by atoms with E-state index in [0.717, 1.165) is 6.42 Å². The van der Waals surface area contributed by atoms with E-state index in [4.69, 9.17) is 0 Å². The molecular weight excluding hydrogens is 486 g/mol. The van der Waals surface area contributed by atoms with Crippen LogP contribution in [0.2, 0.25) is 0 Å². The average Bonchev–Trinajstić information content (AvgIpc) is 3.37. The minimum Gasteiger partial charge on any atom is -0.356 e. The molecule has 8 heteroatoms. The first-order chi connectivity index (χ1) is 13.6. The fraction of sp³-hybridized carbons (Fsp3) is 0.476. The van der Waals surface area contributed by atoms with Crippen LogP contribution >= 0.6 is 24.0 Å². The molecule has 2 N–H and O–H groups in total. The van der Waals surface area contributed by atoms with Gasteiger partial charge >= 0.3 is 0 Å². The third kappa shape index (κ3) is 4.17. The Labute approximate surface area is 187 Å². The number of nitrogens with one attached hydrogen (secondary N) is 2. The summed E-state index contributed by atoms with van der Waals surface area (Å²) in [4.78, 5) is 30.9. The fourth-order valence-electron chi connectivity index (χ4n) is 4.71. The van der Waals surface area contributed by atoms with Crippen molar-refractivity contribution in [1.82, 2.24) is 15.5 Å². The van der Waals surface area contributed by atoms with Gasteiger partial charge in [-0.3, -0.25) is 19.5 Å². The fourth-order valence-corrected chi connectivity index (χ4v) is 4.71. The highest BCUT2D eigenvalue weighted by Gasteiger charge is 2.58. The molecule has 1 aliphatic heterocycles. The number of likely N-dealkylation sites (tertiary alicyclic amines) is 1. The van der Waals surface area contributed by atoms with E-state index in [2.05, 4.69) is 27.8 Å². The Morgan fingerprint density at radius 1 is 1.10 bits per heavy atom. The maximum atomic E-state index is 13.7. The molecule has 2 aliphatic carbocycles. The molecule has 6 nitrogen and oxygen atoms in total. The number of amides is 2. The number of fused-ring (bicyclic) bond motifs is 5. The van der Waals surface area contributed by atoms with Gasteiger partial charge in [-0.15, -0.1) is 24.0 Å². The number of halogens is 2. The van der Waals surface area contributed by atoms with E-state index in [1.54, 1.807) is 19.2 Å². The number of allylic oxidation sites excluding steroid dienone is 2. The smallest absolute Gasteiger partial charge is 0.233 e. The number of nitrogens with zero attached hydrogens (tertiary/aromatic N) is 2. The molecule has 2 fully saturated rings. The largest absolute Gasteiger partial charge is 0.356 e. The van der Waals surface area contributed by atoms with Crippen molar-refractivity contribution in [2.75, 3.05) is 26.7 Å². The van der Waals surface area contributed by atoms with E-state index in [0.29, 0.717) is 37.6 Å². The molecular formula is C21H26FIN4O2. The molecule has 0 aromatic heterocycles. The molecule has 1 aromatic rings. The number of guanidine groups is 1. The highest BCUT2D eigenvalue weighted by atomic mass is 127. The SMILES string of the molecule is CN=C(NCCc1ccccc1F)NCCN1C(=O)C2C3C=CC(C3)C2C1=O.I. The lowest BCUT2D eigenvalue weighted by Crippen LogP contribution is -2.44. The van der Waals surface area contributed by atoms with Crippen molar-refractivity contribution in [3.05, 3.63) is 47.8 Å². The van der Waals surface area contributed by atoms with Gasteiger partial charge in [-0.25, -0.2) is 4.39 Å². The lowest BCUT2D eigenvalue weighted by molar-refractivity contribution is -0.140. The number of aliphatic imine (C=N–C) groups is 1. The molecule has 29 heavy (non-hydrogen) atoms. The standard InChI is InChI=1S/C21H25FN4O2.HI/c1-23-21(24-9-8-13-4-2-3-5-16(13)22)25-10-11-26-19(27)17-14-6-7-15(12-14)18(17)20(26)28;/h2-7,14-15,17-18H,8-12H2,1H3,(H2,23,24,25);1H. The summed E-state index contributed by atoms with van der Waals surface area (Å²) in [6.45, 7) is 1.29. The van der Waals surface area contributed by atoms with Crippen molar-refractivity contribution in [2.45, 2.75) is 12.8 Å². The number of rotatable bonds is 6. The second kappa shape index (κ2) is 9.23. The lowest BCUT2D eigenvalue weighted by Gasteiger charge is -2.18. The number of hydrogen-bond donors (Lipinski definition) is 2. The van der Waals surface area contributed by atoms with Crippen LogP contribution in [0.15, 0.2) is 41.4 Å². The van der Waals surface area contributed by atoms with Crippen LogP contribution in [-0.4, -0.2) is 49.4 Å². The van der Waals surface area contributed by atoms with Gasteiger partial charge in [-0.2, -0.15) is 0 Å². The van der Waals surface area contributed by atoms with Crippen molar-refractivity contribution in [1.29, 1.82) is 0 Å². The minimum absolute atomic E-state index is 0. The van der Waals surface area contributed by atoms with Gasteiger partial charge in [0.1, 0.15) is 5.82 Å². The summed E-state index contributed by atoms with van der Waals surface area (Å²) in [6.07, 6.45) is 5.67. The predicted molar refractivity (Wildman–Crippen MR) is 119 cm³/mol. The van der Waals surface area contributed by atoms with Crippen LogP contribution in [-0.2, 0) is 16.0 Å². The molecule has 4 rings (SSSR count). The average molecular weight is 512 g/mol. The zero-order chi connectivity index (χ0) is 19.7. The molecule has 1 aromatic carbocycles. The third-order valence-corrected chi connectivity index (χ3v) is 6.06. The Morgan fingerprint density at radius 2 is 1.72 bits per heavy atom. The topological polar surface area (TPSA) is 73.8 Å². The number of imide groups is 1. The third-order valence-electron chi connectivity index (χ3n) is 6.06. The highest BCUT2D eigenvalue weighted by molar-refractivity contribution is 14.0. The normalized spacial score (nSPS) is 27.2. The molecule has 1 saturated heterocycles. The monoisotopic (exact) mass is 512 g/mol. The van der Waals surface area contributed by atoms with Gasteiger partial charge in [0, 0.05) is 26.7 Å². The Hall–Kier alpha value is -1.97. The number of carbonyl (C=O) groups excluding carboxylic acids is 2. The van der Waals surface area contributed by atoms with Gasteiger partial charge in [0.15, 0.2) is 5.96 Å². The first-order valence-corrected chi connectivity index (χ1v) is 9.81. The van der Waals surface area contributed by atoms with E-state index in [1.807, 2.05) is 6.07 Å². The molecule has 1 saturated carbocycles. The first kappa shape index (κ1) is 21.7. The van der Waals surface area contributed by atoms with Crippen LogP contribution in [0, 0.1) is 29.5 Å². The van der Waals surface area contributed by atoms with Crippen molar-refractivity contribution in [2.24, 2.45) is 28.7 Å². The Kier molecular flexibility index (Phi) is 6.92. The summed E-state index contributed by atoms with van der Waals surface area (Å²) in [7, 11) is 1.65. The van der Waals surface area contributed by atoms with Gasteiger partial charge < -0.3 is 10.6 Å². The van der Waals surface area contributed by atoms with Crippen molar-refractivity contribution >= 4 is 41.8 Å². The summed E-state index contributed by atoms with van der Waals surface area (Å²) in [5.41, 5.74) is 0.647. The Balaban J connectivity index is 0.00000240. The molecule has 4 atom stereocenters. The van der Waals surface area contributed by atoms with Gasteiger partial charge in [-0.1, -0.05) is 30.4 Å². The molecule has 2 bridgehead atoms. The number of hydrogen-bond acceptors (Lipinski definition) is 3. The van der Waals surface area contributed by atoms with Crippen molar-refractivity contribution in [3.63, 3.8) is 0 Å². The first-order valence-electron chi connectivity index (χ1n) is 9.81. The Morgan fingerprint density at radius 3 is 2.34 bits per heavy atom. The van der Waals surface area contributed by atoms with Gasteiger partial charge in [0.2, 0.25) is 11.8 Å². The van der Waals surface area contributed by atoms with E-state index in [-0.39, 0.29) is 65.3 Å². The zero-order valence-electron chi connectivity index (χ0n) is 16.3. The van der Waals surface area contributed by atoms with E-state index < -0.39 is 0 Å². The molecule has 1 heterocycles. The van der Waals surface area contributed by atoms with Gasteiger partial charge in [0.05, 0.1) is 11.8 Å². The highest BCUT2D eigenvalue weighted by Crippen LogP contribution is 2.52. The second-order valence-corrected chi connectivity index (χ2v) is 7.60. The van der Waals surface area contributed by atoms with Crippen LogP contribution < -0.4 is 10.6 Å². The lowest BCUT2D eigenvalue weighted by atomic mass is 9.85. The molecule has 4 unspecified atom stereocenters. The minimum atomic E-state index is -0.215. The van der Waals surface area contributed by atoms with Crippen LogP contribution in [0.1, 0.15) is 12.0 Å². The van der Waals surface area contributed by atoms with E-state index in [1.165, 1.54) is 11.0 Å². The van der Waals surface area contributed by atoms with Crippen LogP contribution in [0.3, 0.4) is 0 Å². The molecule has 0 spiro atoms. The van der Waals surface area contributed by atoms with Gasteiger partial charge in [0.25, 0.3) is 0 Å². The summed E-state index contributed by atoms with van der Waals surface area (Å²) in [5, 5.41) is 6.26. The predicted octanol–water partition coefficient (Wildman–Crippen LogP) is 1.96. The molecule has 3 aliphatic rings. The van der Waals surface area contributed by atoms with Crippen LogP contribution in [0.4, 0.5) is 4.39 Å². The maximum absolute atomic E-state index is 13.7. The van der Waals surface area contributed by atoms with Crippen LogP contribution in [0.5, 0.6) is 0 Å². The summed E-state index contributed by atoms with van der Waals surface area (Å²) in [6, 6.07) is 6.69. The summed E-state index contributed by atoms with van der Waals surface area (Å²) < 4.78 is 13.7. The quantitative estimate of drug-likeness (QED) is 0.201. The Bertz CT molecular complexity index is 814. The van der Waals surface area contributed by atoms with Gasteiger partial charge in [-0.05, 0) is 36.3 Å². The van der Waals surface area contributed by atoms with E-state index in [9.17, 15) is 14.0 Å². The van der Waals surface area contributed by atoms with Crippen molar-refractivity contribution in [3.8, 4) is 0 Å². The molecule has 156 valence electrons. The maximum Gasteiger partial charge on any atom is 0.233 e. The van der Waals surface area contributed by atoms with Crippen LogP contribution in [0.25, 0.3) is 0 Å². The zero-order valence-corrected chi connectivity index (χ0v) is 18.6.